The van der Waals surface area contributed by atoms with Crippen molar-refractivity contribution >= 4 is 0 Å². The Bertz CT molecular complexity index is 583. The maximum Gasteiger partial charge on any atom is 0.122 e. The van der Waals surface area contributed by atoms with Gasteiger partial charge in [-0.05, 0) is 54.6 Å². The molecule has 0 heterocycles. The summed E-state index contributed by atoms with van der Waals surface area (Å²) in [7, 11) is 1.68. The maximum atomic E-state index is 5.95. The minimum atomic E-state index is 0.281. The first kappa shape index (κ1) is 16.4. The average Bonchev–Trinajstić information content (AvgIpc) is 2.59. The lowest BCUT2D eigenvalue weighted by atomic mass is 9.96. The van der Waals surface area contributed by atoms with Crippen molar-refractivity contribution in [3.8, 4) is 11.5 Å². The Morgan fingerprint density at radius 1 is 1.09 bits per heavy atom. The molecule has 2 rings (SSSR count). The molecule has 118 valence electrons. The normalized spacial score (nSPS) is 12.0. The molecule has 2 N–H and O–H groups in total. The van der Waals surface area contributed by atoms with Crippen LogP contribution in [-0.2, 0) is 6.42 Å². The van der Waals surface area contributed by atoms with E-state index in [2.05, 4.69) is 25.1 Å². The molecule has 1 unspecified atom stereocenters. The predicted molar refractivity (Wildman–Crippen MR) is 90.7 cm³/mol. The third-order valence-electron chi connectivity index (χ3n) is 3.93. The lowest BCUT2D eigenvalue weighted by Crippen LogP contribution is -2.16. The van der Waals surface area contributed by atoms with Crippen molar-refractivity contribution in [1.29, 1.82) is 0 Å². The Hall–Kier alpha value is -2.00. The van der Waals surface area contributed by atoms with E-state index in [9.17, 15) is 0 Å². The molecular formula is C19H25NO2. The third kappa shape index (κ3) is 4.25. The first-order valence-corrected chi connectivity index (χ1v) is 7.83. The van der Waals surface area contributed by atoms with Gasteiger partial charge in [-0.1, -0.05) is 37.3 Å². The molecule has 2 aromatic rings. The summed E-state index contributed by atoms with van der Waals surface area (Å²) < 4.78 is 11.2. The number of benzene rings is 2. The number of para-hydroxylation sites is 1. The molecule has 3 heteroatoms. The first-order chi connectivity index (χ1) is 10.8. The molecule has 0 aliphatic carbocycles. The highest BCUT2D eigenvalue weighted by Gasteiger charge is 2.11. The summed E-state index contributed by atoms with van der Waals surface area (Å²) >= 11 is 0. The van der Waals surface area contributed by atoms with E-state index in [1.54, 1.807) is 7.11 Å². The van der Waals surface area contributed by atoms with Crippen molar-refractivity contribution in [1.82, 2.24) is 0 Å². The number of hydrogen-bond acceptors (Lipinski definition) is 3. The zero-order valence-corrected chi connectivity index (χ0v) is 13.4. The van der Waals surface area contributed by atoms with E-state index in [4.69, 9.17) is 15.2 Å². The van der Waals surface area contributed by atoms with E-state index < -0.39 is 0 Å². The Morgan fingerprint density at radius 2 is 1.91 bits per heavy atom. The molecule has 0 saturated heterocycles. The fourth-order valence-corrected chi connectivity index (χ4v) is 2.56. The lowest BCUT2D eigenvalue weighted by molar-refractivity contribution is 0.295. The molecule has 22 heavy (non-hydrogen) atoms. The second kappa shape index (κ2) is 8.44. The molecular weight excluding hydrogens is 274 g/mol. The van der Waals surface area contributed by atoms with Crippen molar-refractivity contribution in [3.05, 3.63) is 59.7 Å². The van der Waals surface area contributed by atoms with E-state index in [-0.39, 0.29) is 5.92 Å². The standard InChI is InChI=1S/C19H25NO2/c1-3-15-7-4-5-10-19(15)22-12-11-17(14-20)16-8-6-9-18(13-16)21-2/h4-10,13,17H,3,11-12,14,20H2,1-2H3. The first-order valence-electron chi connectivity index (χ1n) is 7.83. The molecule has 0 radical (unpaired) electrons. The predicted octanol–water partition coefficient (Wildman–Crippen LogP) is 3.77. The van der Waals surface area contributed by atoms with E-state index in [1.807, 2.05) is 30.3 Å². The number of nitrogens with two attached hydrogens (primary N) is 1. The summed E-state index contributed by atoms with van der Waals surface area (Å²) in [5.74, 6) is 2.13. The second-order valence-corrected chi connectivity index (χ2v) is 5.31. The van der Waals surface area contributed by atoms with Crippen LogP contribution in [0, 0.1) is 0 Å². The Balaban J connectivity index is 1.96. The summed E-state index contributed by atoms with van der Waals surface area (Å²) in [6.45, 7) is 3.41. The van der Waals surface area contributed by atoms with Gasteiger partial charge in [0.1, 0.15) is 11.5 Å². The Labute approximate surface area is 133 Å². The molecule has 0 aliphatic heterocycles. The van der Waals surface area contributed by atoms with Crippen molar-refractivity contribution in [3.63, 3.8) is 0 Å². The van der Waals surface area contributed by atoms with E-state index in [0.29, 0.717) is 13.2 Å². The van der Waals surface area contributed by atoms with Crippen molar-refractivity contribution in [2.45, 2.75) is 25.7 Å². The molecule has 0 bridgehead atoms. The highest BCUT2D eigenvalue weighted by molar-refractivity contribution is 5.33. The molecule has 2 aromatic carbocycles. The van der Waals surface area contributed by atoms with Crippen LogP contribution in [0.4, 0.5) is 0 Å². The topological polar surface area (TPSA) is 44.5 Å². The van der Waals surface area contributed by atoms with Gasteiger partial charge in [0.2, 0.25) is 0 Å². The third-order valence-corrected chi connectivity index (χ3v) is 3.93. The molecule has 0 aliphatic rings. The van der Waals surface area contributed by atoms with Crippen molar-refractivity contribution in [2.75, 3.05) is 20.3 Å². The molecule has 0 aromatic heterocycles. The lowest BCUT2D eigenvalue weighted by Gasteiger charge is -2.17. The zero-order chi connectivity index (χ0) is 15.8. The Kier molecular flexibility index (Phi) is 6.28. The highest BCUT2D eigenvalue weighted by Crippen LogP contribution is 2.24. The fraction of sp³-hybridized carbons (Fsp3) is 0.368. The summed E-state index contributed by atoms with van der Waals surface area (Å²) in [5, 5.41) is 0. The minimum Gasteiger partial charge on any atom is -0.497 e. The number of hydrogen-bond donors (Lipinski definition) is 1. The second-order valence-electron chi connectivity index (χ2n) is 5.31. The largest absolute Gasteiger partial charge is 0.497 e. The van der Waals surface area contributed by atoms with Crippen molar-refractivity contribution < 1.29 is 9.47 Å². The molecule has 0 amide bonds. The van der Waals surface area contributed by atoms with Gasteiger partial charge >= 0.3 is 0 Å². The van der Waals surface area contributed by atoms with Gasteiger partial charge in [0, 0.05) is 0 Å². The van der Waals surface area contributed by atoms with E-state index in [1.165, 1.54) is 11.1 Å². The Morgan fingerprint density at radius 3 is 2.64 bits per heavy atom. The van der Waals surface area contributed by atoms with Crippen molar-refractivity contribution in [2.24, 2.45) is 5.73 Å². The van der Waals surface area contributed by atoms with Crippen LogP contribution in [0.5, 0.6) is 11.5 Å². The van der Waals surface area contributed by atoms with E-state index >= 15 is 0 Å². The van der Waals surface area contributed by atoms with Crippen LogP contribution in [0.15, 0.2) is 48.5 Å². The van der Waals surface area contributed by atoms with Crippen LogP contribution in [0.2, 0.25) is 0 Å². The number of methoxy groups -OCH3 is 1. The number of rotatable bonds is 8. The average molecular weight is 299 g/mol. The van der Waals surface area contributed by atoms with Crippen LogP contribution >= 0.6 is 0 Å². The zero-order valence-electron chi connectivity index (χ0n) is 13.4. The van der Waals surface area contributed by atoms with Gasteiger partial charge < -0.3 is 15.2 Å². The highest BCUT2D eigenvalue weighted by atomic mass is 16.5. The molecule has 0 spiro atoms. The molecule has 3 nitrogen and oxygen atoms in total. The minimum absolute atomic E-state index is 0.281. The quantitative estimate of drug-likeness (QED) is 0.807. The van der Waals surface area contributed by atoms with Gasteiger partial charge in [-0.3, -0.25) is 0 Å². The monoisotopic (exact) mass is 299 g/mol. The SMILES string of the molecule is CCc1ccccc1OCCC(CN)c1cccc(OC)c1. The summed E-state index contributed by atoms with van der Waals surface area (Å²) in [6.07, 6.45) is 1.87. The van der Waals surface area contributed by atoms with Crippen LogP contribution < -0.4 is 15.2 Å². The number of ether oxygens (including phenoxy) is 2. The summed E-state index contributed by atoms with van der Waals surface area (Å²) in [6, 6.07) is 16.3. The van der Waals surface area contributed by atoms with Gasteiger partial charge in [-0.15, -0.1) is 0 Å². The smallest absolute Gasteiger partial charge is 0.122 e. The van der Waals surface area contributed by atoms with Crippen LogP contribution in [-0.4, -0.2) is 20.3 Å². The van der Waals surface area contributed by atoms with E-state index in [0.717, 1.165) is 24.3 Å². The molecule has 1 atom stereocenters. The summed E-state index contributed by atoms with van der Waals surface area (Å²) in [5.41, 5.74) is 8.38. The van der Waals surface area contributed by atoms with Gasteiger partial charge in [-0.25, -0.2) is 0 Å². The van der Waals surface area contributed by atoms with Gasteiger partial charge in [-0.2, -0.15) is 0 Å². The number of aryl methyl sites for hydroxylation is 1. The van der Waals surface area contributed by atoms with Crippen LogP contribution in [0.25, 0.3) is 0 Å². The molecule has 0 saturated carbocycles. The van der Waals surface area contributed by atoms with Crippen LogP contribution in [0.1, 0.15) is 30.4 Å². The fourth-order valence-electron chi connectivity index (χ4n) is 2.56. The van der Waals surface area contributed by atoms with Gasteiger partial charge in [0.05, 0.1) is 13.7 Å². The van der Waals surface area contributed by atoms with Crippen LogP contribution in [0.3, 0.4) is 0 Å². The van der Waals surface area contributed by atoms with Gasteiger partial charge in [0.15, 0.2) is 0 Å². The summed E-state index contributed by atoms with van der Waals surface area (Å²) in [4.78, 5) is 0. The van der Waals surface area contributed by atoms with Gasteiger partial charge in [0.25, 0.3) is 0 Å². The molecule has 0 fully saturated rings. The maximum absolute atomic E-state index is 5.95.